The molecule has 0 heterocycles. The number of carbonyl (C=O) groups excluding carboxylic acids is 1. The second kappa shape index (κ2) is 7.08. The van der Waals surface area contributed by atoms with Gasteiger partial charge in [-0.05, 0) is 19.9 Å². The van der Waals surface area contributed by atoms with Gasteiger partial charge in [0.2, 0.25) is 0 Å². The van der Waals surface area contributed by atoms with Gasteiger partial charge in [0, 0.05) is 5.57 Å². The van der Waals surface area contributed by atoms with E-state index >= 15 is 0 Å². The molecule has 0 unspecified atom stereocenters. The zero-order valence-corrected chi connectivity index (χ0v) is 8.21. The Balaban J connectivity index is 3.26. The standard InChI is InChI=1S/C9H15NO4/c1-7(2)9(13)14-5-3-4-10-6-8(11)12/h10H,1,3-6H2,2H3,(H,11,12). The summed E-state index contributed by atoms with van der Waals surface area (Å²) in [5.74, 6) is -1.31. The summed E-state index contributed by atoms with van der Waals surface area (Å²) in [6, 6.07) is 0. The summed E-state index contributed by atoms with van der Waals surface area (Å²) in [6.45, 7) is 5.71. The Labute approximate surface area is 82.7 Å². The highest BCUT2D eigenvalue weighted by atomic mass is 16.5. The summed E-state index contributed by atoms with van der Waals surface area (Å²) in [7, 11) is 0. The van der Waals surface area contributed by atoms with Gasteiger partial charge in [-0.2, -0.15) is 0 Å². The topological polar surface area (TPSA) is 75.6 Å². The summed E-state index contributed by atoms with van der Waals surface area (Å²) in [6.07, 6.45) is 0.590. The largest absolute Gasteiger partial charge is 0.480 e. The van der Waals surface area contributed by atoms with Gasteiger partial charge in [0.1, 0.15) is 0 Å². The van der Waals surface area contributed by atoms with E-state index in [1.807, 2.05) is 0 Å². The van der Waals surface area contributed by atoms with E-state index in [0.29, 0.717) is 18.5 Å². The smallest absolute Gasteiger partial charge is 0.333 e. The molecule has 0 saturated carbocycles. The molecule has 5 heteroatoms. The number of hydrogen-bond donors (Lipinski definition) is 2. The Morgan fingerprint density at radius 2 is 2.14 bits per heavy atom. The molecule has 0 saturated heterocycles. The first-order valence-corrected chi connectivity index (χ1v) is 4.29. The fourth-order valence-corrected chi connectivity index (χ4v) is 0.681. The maximum absolute atomic E-state index is 10.8. The lowest BCUT2D eigenvalue weighted by molar-refractivity contribution is -0.139. The highest BCUT2D eigenvalue weighted by molar-refractivity contribution is 5.86. The molecule has 2 N–H and O–H groups in total. The number of aliphatic carboxylic acids is 1. The van der Waals surface area contributed by atoms with E-state index in [0.717, 1.165) is 0 Å². The van der Waals surface area contributed by atoms with Crippen LogP contribution in [0.3, 0.4) is 0 Å². The number of rotatable bonds is 7. The second-order valence-electron chi connectivity index (χ2n) is 2.84. The molecular formula is C9H15NO4. The van der Waals surface area contributed by atoms with Crippen LogP contribution in [0.15, 0.2) is 12.2 Å². The molecule has 14 heavy (non-hydrogen) atoms. The molecule has 0 aromatic carbocycles. The van der Waals surface area contributed by atoms with Gasteiger partial charge < -0.3 is 15.2 Å². The molecular weight excluding hydrogens is 186 g/mol. The van der Waals surface area contributed by atoms with Gasteiger partial charge in [0.25, 0.3) is 0 Å². The number of ether oxygens (including phenoxy) is 1. The predicted molar refractivity (Wildman–Crippen MR) is 50.9 cm³/mol. The molecule has 5 nitrogen and oxygen atoms in total. The number of carbonyl (C=O) groups is 2. The quantitative estimate of drug-likeness (QED) is 0.349. The molecule has 80 valence electrons. The van der Waals surface area contributed by atoms with Crippen molar-refractivity contribution in [3.8, 4) is 0 Å². The van der Waals surface area contributed by atoms with Crippen LogP contribution in [0.4, 0.5) is 0 Å². The Morgan fingerprint density at radius 3 is 2.64 bits per heavy atom. The van der Waals surface area contributed by atoms with E-state index in [1.165, 1.54) is 0 Å². The van der Waals surface area contributed by atoms with Crippen LogP contribution in [0.25, 0.3) is 0 Å². The first-order chi connectivity index (χ1) is 6.54. The average Bonchev–Trinajstić information content (AvgIpc) is 2.09. The molecule has 0 atom stereocenters. The highest BCUT2D eigenvalue weighted by Gasteiger charge is 2.01. The van der Waals surface area contributed by atoms with Crippen LogP contribution in [-0.2, 0) is 14.3 Å². The lowest BCUT2D eigenvalue weighted by Gasteiger charge is -2.04. The third-order valence-electron chi connectivity index (χ3n) is 1.36. The van der Waals surface area contributed by atoms with E-state index < -0.39 is 11.9 Å². The maximum atomic E-state index is 10.8. The normalized spacial score (nSPS) is 9.50. The predicted octanol–water partition coefficient (Wildman–Crippen LogP) is 0.170. The summed E-state index contributed by atoms with van der Waals surface area (Å²) in [5.41, 5.74) is 0.364. The van der Waals surface area contributed by atoms with Crippen LogP contribution < -0.4 is 5.32 Å². The van der Waals surface area contributed by atoms with Gasteiger partial charge in [-0.1, -0.05) is 6.58 Å². The van der Waals surface area contributed by atoms with Crippen molar-refractivity contribution < 1.29 is 19.4 Å². The number of esters is 1. The van der Waals surface area contributed by atoms with E-state index in [-0.39, 0.29) is 13.2 Å². The molecule has 0 bridgehead atoms. The minimum absolute atomic E-state index is 0.0750. The monoisotopic (exact) mass is 201 g/mol. The van der Waals surface area contributed by atoms with Gasteiger partial charge in [-0.15, -0.1) is 0 Å². The number of nitrogens with one attached hydrogen (secondary N) is 1. The summed E-state index contributed by atoms with van der Waals surface area (Å²) >= 11 is 0. The minimum atomic E-state index is -0.899. The Hall–Kier alpha value is -1.36. The minimum Gasteiger partial charge on any atom is -0.480 e. The number of carboxylic acids is 1. The molecule has 0 amide bonds. The van der Waals surface area contributed by atoms with Crippen molar-refractivity contribution >= 4 is 11.9 Å². The van der Waals surface area contributed by atoms with Gasteiger partial charge in [0.15, 0.2) is 0 Å². The van der Waals surface area contributed by atoms with Crippen LogP contribution in [0, 0.1) is 0 Å². The van der Waals surface area contributed by atoms with Gasteiger partial charge in [-0.25, -0.2) is 4.79 Å². The van der Waals surface area contributed by atoms with Crippen molar-refractivity contribution in [1.29, 1.82) is 0 Å². The first kappa shape index (κ1) is 12.6. The fraction of sp³-hybridized carbons (Fsp3) is 0.556. The SMILES string of the molecule is C=C(C)C(=O)OCCCNCC(=O)O. The van der Waals surface area contributed by atoms with E-state index in [4.69, 9.17) is 9.84 Å². The number of hydrogen-bond acceptors (Lipinski definition) is 4. The Morgan fingerprint density at radius 1 is 1.50 bits per heavy atom. The Bertz CT molecular complexity index is 225. The summed E-state index contributed by atoms with van der Waals surface area (Å²) in [5, 5.41) is 10.9. The lowest BCUT2D eigenvalue weighted by Crippen LogP contribution is -2.24. The van der Waals surface area contributed by atoms with Crippen molar-refractivity contribution in [1.82, 2.24) is 5.32 Å². The van der Waals surface area contributed by atoms with Gasteiger partial charge in [-0.3, -0.25) is 4.79 Å². The average molecular weight is 201 g/mol. The van der Waals surface area contributed by atoms with Crippen molar-refractivity contribution in [2.45, 2.75) is 13.3 Å². The molecule has 0 spiro atoms. The zero-order valence-electron chi connectivity index (χ0n) is 8.21. The fourth-order valence-electron chi connectivity index (χ4n) is 0.681. The molecule has 0 aromatic rings. The lowest BCUT2D eigenvalue weighted by atomic mass is 10.3. The van der Waals surface area contributed by atoms with Crippen LogP contribution in [0.5, 0.6) is 0 Å². The van der Waals surface area contributed by atoms with Crippen LogP contribution in [-0.4, -0.2) is 36.7 Å². The first-order valence-electron chi connectivity index (χ1n) is 4.29. The summed E-state index contributed by atoms with van der Waals surface area (Å²) < 4.78 is 4.78. The molecule has 0 aromatic heterocycles. The second-order valence-corrected chi connectivity index (χ2v) is 2.84. The van der Waals surface area contributed by atoms with Crippen LogP contribution in [0.2, 0.25) is 0 Å². The molecule has 0 rings (SSSR count). The Kier molecular flexibility index (Phi) is 6.39. The maximum Gasteiger partial charge on any atom is 0.333 e. The molecule has 0 aliphatic rings. The zero-order chi connectivity index (χ0) is 11.0. The number of carboxylic acid groups (broad SMARTS) is 1. The highest BCUT2D eigenvalue weighted by Crippen LogP contribution is 1.92. The molecule has 0 fully saturated rings. The van der Waals surface area contributed by atoms with Crippen molar-refractivity contribution in [2.75, 3.05) is 19.7 Å². The van der Waals surface area contributed by atoms with Crippen molar-refractivity contribution in [3.63, 3.8) is 0 Å². The van der Waals surface area contributed by atoms with Gasteiger partial charge >= 0.3 is 11.9 Å². The van der Waals surface area contributed by atoms with Crippen molar-refractivity contribution in [3.05, 3.63) is 12.2 Å². The third-order valence-corrected chi connectivity index (χ3v) is 1.36. The molecule has 0 radical (unpaired) electrons. The third kappa shape index (κ3) is 7.30. The van der Waals surface area contributed by atoms with Crippen LogP contribution in [0.1, 0.15) is 13.3 Å². The van der Waals surface area contributed by atoms with E-state index in [1.54, 1.807) is 6.92 Å². The van der Waals surface area contributed by atoms with Crippen molar-refractivity contribution in [2.24, 2.45) is 0 Å². The molecule has 0 aliphatic heterocycles. The van der Waals surface area contributed by atoms with Gasteiger partial charge in [0.05, 0.1) is 13.2 Å². The van der Waals surface area contributed by atoms with Crippen LogP contribution >= 0.6 is 0 Å². The van der Waals surface area contributed by atoms with E-state index in [2.05, 4.69) is 11.9 Å². The van der Waals surface area contributed by atoms with E-state index in [9.17, 15) is 9.59 Å². The summed E-state index contributed by atoms with van der Waals surface area (Å²) in [4.78, 5) is 20.9. The molecule has 0 aliphatic carbocycles.